The van der Waals surface area contributed by atoms with Crippen LogP contribution in [0.3, 0.4) is 0 Å². The Balaban J connectivity index is 1.92. The van der Waals surface area contributed by atoms with E-state index in [1.54, 1.807) is 13.0 Å². The van der Waals surface area contributed by atoms with E-state index in [1.807, 2.05) is 0 Å². The molecule has 0 radical (unpaired) electrons. The van der Waals surface area contributed by atoms with E-state index in [0.717, 1.165) is 17.7 Å². The van der Waals surface area contributed by atoms with E-state index < -0.39 is 23.7 Å². The molecule has 0 spiro atoms. The molecule has 0 fully saturated rings. The van der Waals surface area contributed by atoms with Crippen LogP contribution >= 0.6 is 11.6 Å². The van der Waals surface area contributed by atoms with Crippen LogP contribution in [0.4, 0.5) is 9.18 Å². The highest BCUT2D eigenvalue weighted by Gasteiger charge is 2.31. The standard InChI is InChI=1S/C20H17ClFNO4/c1-11-18-13(8-9-23(11)20(26)27)3-6-15(19(18)25)17(24)7-4-12-2-5-14(21)10-16(12)22/h2-7,10-11,25H,8-9H2,1H3,(H,26,27). The van der Waals surface area contributed by atoms with Gasteiger partial charge in [0, 0.05) is 22.7 Å². The van der Waals surface area contributed by atoms with E-state index in [2.05, 4.69) is 0 Å². The van der Waals surface area contributed by atoms with Gasteiger partial charge in [0.05, 0.1) is 11.6 Å². The molecule has 5 nitrogen and oxygen atoms in total. The van der Waals surface area contributed by atoms with Crippen LogP contribution in [0, 0.1) is 5.82 Å². The van der Waals surface area contributed by atoms with Crippen molar-refractivity contribution in [1.29, 1.82) is 0 Å². The lowest BCUT2D eigenvalue weighted by Gasteiger charge is -2.33. The fourth-order valence-corrected chi connectivity index (χ4v) is 3.44. The minimum atomic E-state index is -1.08. The Morgan fingerprint density at radius 1 is 1.30 bits per heavy atom. The third-order valence-electron chi connectivity index (χ3n) is 4.70. The van der Waals surface area contributed by atoms with E-state index in [0.29, 0.717) is 18.5 Å². The molecule has 1 aliphatic heterocycles. The fourth-order valence-electron chi connectivity index (χ4n) is 3.28. The van der Waals surface area contributed by atoms with Crippen molar-refractivity contribution < 1.29 is 24.2 Å². The zero-order chi connectivity index (χ0) is 19.7. The number of phenols is 1. The smallest absolute Gasteiger partial charge is 0.407 e. The molecule has 0 aliphatic carbocycles. The molecule has 2 N–H and O–H groups in total. The monoisotopic (exact) mass is 389 g/mol. The number of fused-ring (bicyclic) bond motifs is 1. The van der Waals surface area contributed by atoms with Crippen molar-refractivity contribution in [3.8, 4) is 5.75 Å². The molecular formula is C20H17ClFNO4. The van der Waals surface area contributed by atoms with Gasteiger partial charge < -0.3 is 15.1 Å². The van der Waals surface area contributed by atoms with Crippen LogP contribution in [0.5, 0.6) is 5.75 Å². The van der Waals surface area contributed by atoms with Crippen molar-refractivity contribution in [2.75, 3.05) is 6.54 Å². The highest BCUT2D eigenvalue weighted by atomic mass is 35.5. The Kier molecular flexibility index (Phi) is 5.19. The number of carbonyl (C=O) groups excluding carboxylic acids is 1. The minimum absolute atomic E-state index is 0.0402. The summed E-state index contributed by atoms with van der Waals surface area (Å²) < 4.78 is 13.8. The summed E-state index contributed by atoms with van der Waals surface area (Å²) in [6, 6.07) is 6.74. The Hall–Kier alpha value is -2.86. The lowest BCUT2D eigenvalue weighted by molar-refractivity contribution is 0.104. The van der Waals surface area contributed by atoms with Crippen LogP contribution in [0.2, 0.25) is 5.02 Å². The summed E-state index contributed by atoms with van der Waals surface area (Å²) in [5.41, 5.74) is 1.47. The molecule has 2 aromatic rings. The van der Waals surface area contributed by atoms with Crippen LogP contribution in [0.25, 0.3) is 6.08 Å². The van der Waals surface area contributed by atoms with Crippen LogP contribution in [0.15, 0.2) is 36.4 Å². The molecule has 0 saturated carbocycles. The van der Waals surface area contributed by atoms with Gasteiger partial charge in [0.25, 0.3) is 0 Å². The molecule has 140 valence electrons. The van der Waals surface area contributed by atoms with Crippen LogP contribution in [-0.4, -0.2) is 33.5 Å². The predicted octanol–water partition coefficient (Wildman–Crippen LogP) is 4.68. The van der Waals surface area contributed by atoms with Crippen molar-refractivity contribution in [3.63, 3.8) is 0 Å². The van der Waals surface area contributed by atoms with Gasteiger partial charge in [0.2, 0.25) is 0 Å². The highest BCUT2D eigenvalue weighted by molar-refractivity contribution is 6.30. The van der Waals surface area contributed by atoms with Gasteiger partial charge in [-0.05, 0) is 49.3 Å². The number of aromatic hydroxyl groups is 1. The number of halogens is 2. The van der Waals surface area contributed by atoms with Crippen molar-refractivity contribution in [3.05, 3.63) is 69.5 Å². The number of allylic oxidation sites excluding steroid dienone is 1. The summed E-state index contributed by atoms with van der Waals surface area (Å²) in [5, 5.41) is 20.1. The van der Waals surface area contributed by atoms with Crippen molar-refractivity contribution >= 4 is 29.6 Å². The number of nitrogens with zero attached hydrogens (tertiary/aromatic N) is 1. The van der Waals surface area contributed by atoms with Gasteiger partial charge >= 0.3 is 6.09 Å². The summed E-state index contributed by atoms with van der Waals surface area (Å²) in [7, 11) is 0. The zero-order valence-corrected chi connectivity index (χ0v) is 15.2. The molecule has 7 heteroatoms. The first-order valence-electron chi connectivity index (χ1n) is 8.31. The van der Waals surface area contributed by atoms with E-state index >= 15 is 0 Å². The maximum atomic E-state index is 13.8. The van der Waals surface area contributed by atoms with Crippen molar-refractivity contribution in [1.82, 2.24) is 4.90 Å². The largest absolute Gasteiger partial charge is 0.507 e. The SMILES string of the molecule is CC1c2c(ccc(C(=O)C=Cc3ccc(Cl)cc3F)c2O)CCN1C(=O)O. The molecule has 1 amide bonds. The molecular weight excluding hydrogens is 373 g/mol. The summed E-state index contributed by atoms with van der Waals surface area (Å²) in [5.74, 6) is -1.31. The molecule has 1 unspecified atom stereocenters. The van der Waals surface area contributed by atoms with Gasteiger partial charge in [-0.15, -0.1) is 0 Å². The van der Waals surface area contributed by atoms with Crippen molar-refractivity contribution in [2.24, 2.45) is 0 Å². The molecule has 0 saturated heterocycles. The lowest BCUT2D eigenvalue weighted by atomic mass is 9.89. The first-order chi connectivity index (χ1) is 12.8. The number of ketones is 1. The molecule has 3 rings (SSSR count). The molecule has 0 aromatic heterocycles. The van der Waals surface area contributed by atoms with E-state index in [9.17, 15) is 24.2 Å². The minimum Gasteiger partial charge on any atom is -0.507 e. The average molecular weight is 390 g/mol. The number of hydrogen-bond acceptors (Lipinski definition) is 3. The Labute approximate surface area is 160 Å². The van der Waals surface area contributed by atoms with E-state index in [-0.39, 0.29) is 21.9 Å². The summed E-state index contributed by atoms with van der Waals surface area (Å²) in [6.45, 7) is 1.99. The summed E-state index contributed by atoms with van der Waals surface area (Å²) in [4.78, 5) is 25.1. The number of rotatable bonds is 3. The molecule has 1 atom stereocenters. The van der Waals surface area contributed by atoms with Crippen LogP contribution < -0.4 is 0 Å². The lowest BCUT2D eigenvalue weighted by Crippen LogP contribution is -2.38. The molecule has 2 aromatic carbocycles. The van der Waals surface area contributed by atoms with Gasteiger partial charge in [-0.25, -0.2) is 9.18 Å². The number of benzene rings is 2. The number of carboxylic acid groups (broad SMARTS) is 1. The Bertz CT molecular complexity index is 957. The molecule has 0 bridgehead atoms. The summed E-state index contributed by atoms with van der Waals surface area (Å²) >= 11 is 5.70. The van der Waals surface area contributed by atoms with Crippen LogP contribution in [0.1, 0.15) is 40.0 Å². The highest BCUT2D eigenvalue weighted by Crippen LogP contribution is 2.38. The Morgan fingerprint density at radius 3 is 2.70 bits per heavy atom. The average Bonchev–Trinajstić information content (AvgIpc) is 2.60. The fraction of sp³-hybridized carbons (Fsp3) is 0.200. The third kappa shape index (κ3) is 3.66. The van der Waals surface area contributed by atoms with Gasteiger partial charge in [-0.3, -0.25) is 4.79 Å². The maximum absolute atomic E-state index is 13.8. The van der Waals surface area contributed by atoms with E-state index in [4.69, 9.17) is 11.6 Å². The number of carbonyl (C=O) groups is 2. The van der Waals surface area contributed by atoms with Crippen molar-refractivity contribution in [2.45, 2.75) is 19.4 Å². The second kappa shape index (κ2) is 7.40. The maximum Gasteiger partial charge on any atom is 0.407 e. The van der Waals surface area contributed by atoms with Crippen LogP contribution in [-0.2, 0) is 6.42 Å². The molecule has 27 heavy (non-hydrogen) atoms. The third-order valence-corrected chi connectivity index (χ3v) is 4.94. The van der Waals surface area contributed by atoms with E-state index in [1.165, 1.54) is 29.2 Å². The normalized spacial score (nSPS) is 16.4. The summed E-state index contributed by atoms with van der Waals surface area (Å²) in [6.07, 6.45) is 1.85. The molecule has 1 aliphatic rings. The van der Waals surface area contributed by atoms with Gasteiger partial charge in [0.15, 0.2) is 5.78 Å². The first-order valence-corrected chi connectivity index (χ1v) is 8.69. The van der Waals surface area contributed by atoms with Gasteiger partial charge in [-0.2, -0.15) is 0 Å². The number of amides is 1. The van der Waals surface area contributed by atoms with Gasteiger partial charge in [0.1, 0.15) is 11.6 Å². The first kappa shape index (κ1) is 18.9. The second-order valence-electron chi connectivity index (χ2n) is 6.30. The predicted molar refractivity (Wildman–Crippen MR) is 99.7 cm³/mol. The zero-order valence-electron chi connectivity index (χ0n) is 14.4. The Morgan fingerprint density at radius 2 is 2.04 bits per heavy atom. The van der Waals surface area contributed by atoms with Gasteiger partial charge in [-0.1, -0.05) is 23.7 Å². The number of hydrogen-bond donors (Lipinski definition) is 2. The second-order valence-corrected chi connectivity index (χ2v) is 6.74. The molecule has 1 heterocycles. The quantitative estimate of drug-likeness (QED) is 0.590. The topological polar surface area (TPSA) is 77.8 Å². The number of phenolic OH excluding ortho intramolecular Hbond substituents is 1.